The molecule has 5 heteroatoms. The highest BCUT2D eigenvalue weighted by molar-refractivity contribution is 5.82. The van der Waals surface area contributed by atoms with Gasteiger partial charge in [-0.1, -0.05) is 13.8 Å². The highest BCUT2D eigenvalue weighted by Gasteiger charge is 2.37. The Bertz CT molecular complexity index is 333. The molecule has 1 rings (SSSR count). The Morgan fingerprint density at radius 1 is 1.32 bits per heavy atom. The summed E-state index contributed by atoms with van der Waals surface area (Å²) in [5, 5.41) is 0. The molecule has 0 radical (unpaired) electrons. The minimum Gasteiger partial charge on any atom is -0.464 e. The van der Waals surface area contributed by atoms with Crippen LogP contribution in [0, 0.1) is 5.92 Å². The van der Waals surface area contributed by atoms with E-state index >= 15 is 0 Å². The first kappa shape index (κ1) is 15.8. The summed E-state index contributed by atoms with van der Waals surface area (Å²) in [4.78, 5) is 25.4. The van der Waals surface area contributed by atoms with Crippen molar-refractivity contribution < 1.29 is 19.1 Å². The van der Waals surface area contributed by atoms with Crippen LogP contribution in [0.2, 0.25) is 0 Å². The lowest BCUT2D eigenvalue weighted by atomic mass is 10.2. The zero-order valence-corrected chi connectivity index (χ0v) is 12.6. The molecule has 0 saturated carbocycles. The molecule has 1 fully saturated rings. The van der Waals surface area contributed by atoms with Crippen molar-refractivity contribution in [2.45, 2.75) is 59.1 Å². The van der Waals surface area contributed by atoms with E-state index in [0.29, 0.717) is 25.5 Å². The number of likely N-dealkylation sites (tertiary alicyclic amines) is 1. The number of hydrogen-bond acceptors (Lipinski definition) is 4. The average molecular weight is 271 g/mol. The summed E-state index contributed by atoms with van der Waals surface area (Å²) in [6.45, 7) is 10.3. The number of ether oxygens (including phenoxy) is 2. The number of nitrogens with zero attached hydrogens (tertiary/aromatic N) is 1. The largest absolute Gasteiger partial charge is 0.464 e. The maximum absolute atomic E-state index is 12.0. The minimum absolute atomic E-state index is 0.292. The van der Waals surface area contributed by atoms with Crippen LogP contribution in [0.15, 0.2) is 0 Å². The Kier molecular flexibility index (Phi) is 5.20. The van der Waals surface area contributed by atoms with Crippen LogP contribution < -0.4 is 0 Å². The normalized spacial score (nSPS) is 19.7. The fourth-order valence-corrected chi connectivity index (χ4v) is 1.90. The summed E-state index contributed by atoms with van der Waals surface area (Å²) < 4.78 is 10.5. The maximum atomic E-state index is 12.0. The van der Waals surface area contributed by atoms with Crippen LogP contribution >= 0.6 is 0 Å². The highest BCUT2D eigenvalue weighted by atomic mass is 16.6. The Labute approximate surface area is 115 Å². The number of amides is 1. The summed E-state index contributed by atoms with van der Waals surface area (Å²) in [6.07, 6.45) is 1.02. The van der Waals surface area contributed by atoms with Crippen LogP contribution in [-0.2, 0) is 14.3 Å². The van der Waals surface area contributed by atoms with Gasteiger partial charge in [0.25, 0.3) is 0 Å². The molecule has 110 valence electrons. The topological polar surface area (TPSA) is 55.8 Å². The second-order valence-electron chi connectivity index (χ2n) is 6.36. The summed E-state index contributed by atoms with van der Waals surface area (Å²) in [5.74, 6) is -0.0302. The predicted molar refractivity (Wildman–Crippen MR) is 71.8 cm³/mol. The molecule has 0 aromatic heterocycles. The quantitative estimate of drug-likeness (QED) is 0.740. The molecule has 1 aliphatic heterocycles. The molecule has 1 unspecified atom stereocenters. The zero-order chi connectivity index (χ0) is 14.6. The van der Waals surface area contributed by atoms with Crippen molar-refractivity contribution in [3.63, 3.8) is 0 Å². The van der Waals surface area contributed by atoms with Crippen molar-refractivity contribution >= 4 is 12.1 Å². The molecule has 1 atom stereocenters. The van der Waals surface area contributed by atoms with Crippen molar-refractivity contribution in [1.29, 1.82) is 0 Å². The molecule has 0 aromatic carbocycles. The fourth-order valence-electron chi connectivity index (χ4n) is 1.90. The molecule has 0 spiro atoms. The molecule has 1 aliphatic rings. The Morgan fingerprint density at radius 3 is 2.47 bits per heavy atom. The number of hydrogen-bond donors (Lipinski definition) is 0. The van der Waals surface area contributed by atoms with Crippen molar-refractivity contribution in [3.8, 4) is 0 Å². The lowest BCUT2D eigenvalue weighted by Crippen LogP contribution is -2.44. The Hall–Kier alpha value is -1.26. The third-order valence-corrected chi connectivity index (χ3v) is 2.71. The van der Waals surface area contributed by atoms with Gasteiger partial charge in [-0.3, -0.25) is 4.90 Å². The number of carbonyl (C=O) groups is 2. The predicted octanol–water partition coefficient (Wildman–Crippen LogP) is 2.59. The van der Waals surface area contributed by atoms with Crippen molar-refractivity contribution in [3.05, 3.63) is 0 Å². The van der Waals surface area contributed by atoms with Gasteiger partial charge in [-0.05, 0) is 39.5 Å². The molecule has 0 N–H and O–H groups in total. The van der Waals surface area contributed by atoms with E-state index in [4.69, 9.17) is 9.47 Å². The average Bonchev–Trinajstić information content (AvgIpc) is 2.72. The SMILES string of the molecule is CC(C)COC(=O)C1CCCN1C(=O)OC(C)(C)C. The van der Waals surface area contributed by atoms with Crippen LogP contribution in [0.4, 0.5) is 4.79 Å². The molecule has 0 aromatic rings. The maximum Gasteiger partial charge on any atom is 0.411 e. The van der Waals surface area contributed by atoms with Crippen LogP contribution in [0.25, 0.3) is 0 Å². The van der Waals surface area contributed by atoms with Gasteiger partial charge in [0.2, 0.25) is 0 Å². The van der Waals surface area contributed by atoms with Gasteiger partial charge >= 0.3 is 12.1 Å². The van der Waals surface area contributed by atoms with E-state index in [9.17, 15) is 9.59 Å². The van der Waals surface area contributed by atoms with Crippen LogP contribution in [0.5, 0.6) is 0 Å². The fraction of sp³-hybridized carbons (Fsp3) is 0.857. The van der Waals surface area contributed by atoms with Gasteiger partial charge in [-0.25, -0.2) is 9.59 Å². The van der Waals surface area contributed by atoms with Gasteiger partial charge in [0.05, 0.1) is 6.61 Å². The van der Waals surface area contributed by atoms with Gasteiger partial charge < -0.3 is 9.47 Å². The molecule has 0 aliphatic carbocycles. The first-order chi connectivity index (χ1) is 8.70. The number of rotatable bonds is 3. The van der Waals surface area contributed by atoms with E-state index in [-0.39, 0.29) is 5.97 Å². The van der Waals surface area contributed by atoms with E-state index in [0.717, 1.165) is 6.42 Å². The van der Waals surface area contributed by atoms with Crippen molar-refractivity contribution in [2.75, 3.05) is 13.2 Å². The molecular weight excluding hydrogens is 246 g/mol. The zero-order valence-electron chi connectivity index (χ0n) is 12.6. The summed E-state index contributed by atoms with van der Waals surface area (Å²) in [7, 11) is 0. The Morgan fingerprint density at radius 2 is 1.95 bits per heavy atom. The van der Waals surface area contributed by atoms with Crippen LogP contribution in [-0.4, -0.2) is 41.8 Å². The molecule has 0 bridgehead atoms. The van der Waals surface area contributed by atoms with Crippen molar-refractivity contribution in [1.82, 2.24) is 4.90 Å². The lowest BCUT2D eigenvalue weighted by Gasteiger charge is -2.27. The standard InChI is InChI=1S/C14H25NO4/c1-10(2)9-18-12(16)11-7-6-8-15(11)13(17)19-14(3,4)5/h10-11H,6-9H2,1-5H3. The second kappa shape index (κ2) is 6.26. The lowest BCUT2D eigenvalue weighted by molar-refractivity contribution is -0.149. The van der Waals surface area contributed by atoms with Crippen molar-refractivity contribution in [2.24, 2.45) is 5.92 Å². The minimum atomic E-state index is -0.550. The van der Waals surface area contributed by atoms with Crippen LogP contribution in [0.1, 0.15) is 47.5 Å². The van der Waals surface area contributed by atoms with Gasteiger partial charge in [-0.2, -0.15) is 0 Å². The molecular formula is C14H25NO4. The first-order valence-corrected chi connectivity index (χ1v) is 6.87. The van der Waals surface area contributed by atoms with Gasteiger partial charge in [0, 0.05) is 6.54 Å². The second-order valence-corrected chi connectivity index (χ2v) is 6.36. The van der Waals surface area contributed by atoms with E-state index in [2.05, 4.69) is 0 Å². The summed E-state index contributed by atoms with van der Waals surface area (Å²) in [6, 6.07) is -0.492. The molecule has 1 saturated heterocycles. The summed E-state index contributed by atoms with van der Waals surface area (Å²) in [5.41, 5.74) is -0.550. The van der Waals surface area contributed by atoms with Crippen LogP contribution in [0.3, 0.4) is 0 Å². The van der Waals surface area contributed by atoms with E-state index < -0.39 is 17.7 Å². The van der Waals surface area contributed by atoms with E-state index in [1.165, 1.54) is 4.90 Å². The molecule has 1 heterocycles. The smallest absolute Gasteiger partial charge is 0.411 e. The third-order valence-electron chi connectivity index (χ3n) is 2.71. The molecule has 5 nitrogen and oxygen atoms in total. The molecule has 1 amide bonds. The summed E-state index contributed by atoms with van der Waals surface area (Å²) >= 11 is 0. The number of esters is 1. The number of carbonyl (C=O) groups excluding carboxylic acids is 2. The van der Waals surface area contributed by atoms with Gasteiger partial charge in [-0.15, -0.1) is 0 Å². The van der Waals surface area contributed by atoms with E-state index in [1.54, 1.807) is 0 Å². The van der Waals surface area contributed by atoms with Gasteiger partial charge in [0.1, 0.15) is 11.6 Å². The molecule has 19 heavy (non-hydrogen) atoms. The third kappa shape index (κ3) is 5.09. The van der Waals surface area contributed by atoms with E-state index in [1.807, 2.05) is 34.6 Å². The highest BCUT2D eigenvalue weighted by Crippen LogP contribution is 2.21. The Balaban J connectivity index is 2.58. The monoisotopic (exact) mass is 271 g/mol. The first-order valence-electron chi connectivity index (χ1n) is 6.87. The van der Waals surface area contributed by atoms with Gasteiger partial charge in [0.15, 0.2) is 0 Å².